The van der Waals surface area contributed by atoms with Crippen molar-refractivity contribution in [3.63, 3.8) is 0 Å². The van der Waals surface area contributed by atoms with E-state index < -0.39 is 37.4 Å². The molecule has 1 aromatic carbocycles. The largest absolute Gasteiger partial charge is 0.464 e. The predicted molar refractivity (Wildman–Crippen MR) is 112 cm³/mol. The van der Waals surface area contributed by atoms with Crippen molar-refractivity contribution in [1.82, 2.24) is 5.32 Å². The van der Waals surface area contributed by atoms with Crippen molar-refractivity contribution in [1.29, 1.82) is 0 Å². The van der Waals surface area contributed by atoms with Crippen LogP contribution >= 0.6 is 0 Å². The maximum atomic E-state index is 12.3. The number of rotatable bonds is 13. The van der Waals surface area contributed by atoms with E-state index in [0.717, 1.165) is 12.8 Å². The second-order valence-corrected chi connectivity index (χ2v) is 6.54. The van der Waals surface area contributed by atoms with Gasteiger partial charge >= 0.3 is 18.0 Å². The Morgan fingerprint density at radius 3 is 2.32 bits per heavy atom. The van der Waals surface area contributed by atoms with E-state index in [9.17, 15) is 14.4 Å². The van der Waals surface area contributed by atoms with Gasteiger partial charge in [0.25, 0.3) is 0 Å². The molecule has 1 unspecified atom stereocenters. The van der Waals surface area contributed by atoms with Gasteiger partial charge < -0.3 is 29.7 Å². The number of hydrogen-bond acceptors (Lipinski definition) is 8. The second-order valence-electron chi connectivity index (χ2n) is 6.54. The molecule has 1 rings (SSSR count). The van der Waals surface area contributed by atoms with Gasteiger partial charge in [-0.05, 0) is 43.9 Å². The Balaban J connectivity index is 2.75. The van der Waals surface area contributed by atoms with Gasteiger partial charge in [0.15, 0.2) is 6.04 Å². The van der Waals surface area contributed by atoms with Gasteiger partial charge in [0.05, 0.1) is 19.8 Å². The van der Waals surface area contributed by atoms with Gasteiger partial charge in [-0.25, -0.2) is 9.59 Å². The van der Waals surface area contributed by atoms with Crippen LogP contribution in [0, 0.1) is 0 Å². The van der Waals surface area contributed by atoms with Gasteiger partial charge in [0.2, 0.25) is 0 Å². The van der Waals surface area contributed by atoms with Crippen LogP contribution in [0.25, 0.3) is 0 Å². The molecule has 0 saturated heterocycles. The van der Waals surface area contributed by atoms with Crippen LogP contribution in [-0.4, -0.2) is 54.2 Å². The summed E-state index contributed by atoms with van der Waals surface area (Å²) in [5, 5.41) is 20.4. The standard InChI is InChI=1S/C22H31NO8/c1-3-5-6-7-8-9-19(26)30-17-12-10-16(11-13-17)20(21(27)29-4-2)23-22(28)31-18(14-24)15-25/h5-6,10-13,18,20,24-25H,3-4,7-9,14-15H2,1-2H3,(H,23,28)/b6-5-. The van der Waals surface area contributed by atoms with E-state index in [1.807, 2.05) is 19.1 Å². The fourth-order valence-electron chi connectivity index (χ4n) is 2.50. The Labute approximate surface area is 182 Å². The summed E-state index contributed by atoms with van der Waals surface area (Å²) in [6.07, 6.45) is 4.69. The summed E-state index contributed by atoms with van der Waals surface area (Å²) in [5.41, 5.74) is 0.379. The number of amides is 1. The van der Waals surface area contributed by atoms with Gasteiger partial charge in [-0.1, -0.05) is 31.2 Å². The van der Waals surface area contributed by atoms with E-state index in [-0.39, 0.29) is 19.0 Å². The number of esters is 2. The van der Waals surface area contributed by atoms with Crippen LogP contribution in [-0.2, 0) is 19.1 Å². The highest BCUT2D eigenvalue weighted by Crippen LogP contribution is 2.20. The number of alkyl carbamates (subject to hydrolysis) is 1. The maximum Gasteiger partial charge on any atom is 0.408 e. The smallest absolute Gasteiger partial charge is 0.408 e. The highest BCUT2D eigenvalue weighted by molar-refractivity contribution is 5.83. The molecule has 1 amide bonds. The van der Waals surface area contributed by atoms with Gasteiger partial charge in [0, 0.05) is 6.42 Å². The first kappa shape index (κ1) is 26.1. The molecule has 1 aromatic rings. The highest BCUT2D eigenvalue weighted by atomic mass is 16.6. The third kappa shape index (κ3) is 10.1. The number of unbranched alkanes of at least 4 members (excludes halogenated alkanes) is 1. The van der Waals surface area contributed by atoms with Gasteiger partial charge in [-0.2, -0.15) is 0 Å². The summed E-state index contributed by atoms with van der Waals surface area (Å²) < 4.78 is 15.1. The van der Waals surface area contributed by atoms with Crippen LogP contribution < -0.4 is 10.1 Å². The Morgan fingerprint density at radius 2 is 1.74 bits per heavy atom. The molecule has 9 nitrogen and oxygen atoms in total. The molecule has 1 atom stereocenters. The molecule has 0 saturated carbocycles. The number of nitrogens with one attached hydrogen (secondary N) is 1. The van der Waals surface area contributed by atoms with Crippen LogP contribution in [0.15, 0.2) is 36.4 Å². The fourth-order valence-corrected chi connectivity index (χ4v) is 2.50. The van der Waals surface area contributed by atoms with Crippen LogP contribution in [0.3, 0.4) is 0 Å². The maximum absolute atomic E-state index is 12.3. The number of allylic oxidation sites excluding steroid dienone is 2. The minimum absolute atomic E-state index is 0.102. The van der Waals surface area contributed by atoms with Gasteiger partial charge in [0.1, 0.15) is 11.9 Å². The SMILES string of the molecule is CC/C=C\CCCC(=O)Oc1ccc(C(NC(=O)OC(CO)CO)C(=O)OCC)cc1. The molecular weight excluding hydrogens is 406 g/mol. The van der Waals surface area contributed by atoms with E-state index >= 15 is 0 Å². The van der Waals surface area contributed by atoms with E-state index in [2.05, 4.69) is 5.32 Å². The molecule has 0 spiro atoms. The summed E-state index contributed by atoms with van der Waals surface area (Å²) in [6, 6.07) is 4.87. The summed E-state index contributed by atoms with van der Waals surface area (Å²) in [6.45, 7) is 2.64. The number of carbonyl (C=O) groups excluding carboxylic acids is 3. The first-order valence-electron chi connectivity index (χ1n) is 10.3. The zero-order valence-corrected chi connectivity index (χ0v) is 17.9. The van der Waals surface area contributed by atoms with Gasteiger partial charge in [-0.3, -0.25) is 4.79 Å². The summed E-state index contributed by atoms with van der Waals surface area (Å²) in [5.74, 6) is -0.766. The topological polar surface area (TPSA) is 131 Å². The summed E-state index contributed by atoms with van der Waals surface area (Å²) in [7, 11) is 0. The Hall–Kier alpha value is -2.91. The quantitative estimate of drug-likeness (QED) is 0.186. The summed E-state index contributed by atoms with van der Waals surface area (Å²) in [4.78, 5) is 36.2. The number of hydrogen-bond donors (Lipinski definition) is 3. The van der Waals surface area contributed by atoms with E-state index in [0.29, 0.717) is 17.7 Å². The lowest BCUT2D eigenvalue weighted by Gasteiger charge is -2.19. The lowest BCUT2D eigenvalue weighted by Crippen LogP contribution is -2.38. The molecule has 0 aliphatic heterocycles. The lowest BCUT2D eigenvalue weighted by molar-refractivity contribution is -0.145. The average molecular weight is 437 g/mol. The Kier molecular flexibility index (Phi) is 12.6. The molecule has 3 N–H and O–H groups in total. The first-order valence-corrected chi connectivity index (χ1v) is 10.3. The molecule has 31 heavy (non-hydrogen) atoms. The van der Waals surface area contributed by atoms with Crippen LogP contribution in [0.1, 0.15) is 51.1 Å². The zero-order valence-electron chi connectivity index (χ0n) is 17.9. The fraction of sp³-hybridized carbons (Fsp3) is 0.500. The third-order valence-corrected chi connectivity index (χ3v) is 4.06. The zero-order chi connectivity index (χ0) is 23.1. The summed E-state index contributed by atoms with van der Waals surface area (Å²) >= 11 is 0. The highest BCUT2D eigenvalue weighted by Gasteiger charge is 2.26. The number of aliphatic hydroxyl groups excluding tert-OH is 2. The van der Waals surface area contributed by atoms with Crippen LogP contribution in [0.5, 0.6) is 5.75 Å². The molecule has 9 heteroatoms. The molecule has 0 aromatic heterocycles. The van der Waals surface area contributed by atoms with E-state index in [1.165, 1.54) is 24.3 Å². The van der Waals surface area contributed by atoms with Crippen molar-refractivity contribution in [2.75, 3.05) is 19.8 Å². The molecule has 0 bridgehead atoms. The Bertz CT molecular complexity index is 713. The minimum Gasteiger partial charge on any atom is -0.464 e. The van der Waals surface area contributed by atoms with Crippen molar-refractivity contribution >= 4 is 18.0 Å². The number of carbonyl (C=O) groups is 3. The van der Waals surface area contributed by atoms with Crippen LogP contribution in [0.2, 0.25) is 0 Å². The predicted octanol–water partition coefficient (Wildman–Crippen LogP) is 2.41. The molecule has 0 aliphatic rings. The van der Waals surface area contributed by atoms with Crippen molar-refractivity contribution in [3.8, 4) is 5.75 Å². The van der Waals surface area contributed by atoms with Crippen LogP contribution in [0.4, 0.5) is 4.79 Å². The van der Waals surface area contributed by atoms with Gasteiger partial charge in [-0.15, -0.1) is 0 Å². The normalized spacial score (nSPS) is 11.9. The molecular formula is C22H31NO8. The first-order chi connectivity index (χ1) is 14.9. The second kappa shape index (κ2) is 15.0. The molecule has 0 aliphatic carbocycles. The van der Waals surface area contributed by atoms with E-state index in [4.69, 9.17) is 24.4 Å². The molecule has 172 valence electrons. The average Bonchev–Trinajstić information content (AvgIpc) is 2.76. The number of ether oxygens (including phenoxy) is 3. The number of aliphatic hydroxyl groups is 2. The molecule has 0 heterocycles. The lowest BCUT2D eigenvalue weighted by atomic mass is 10.1. The van der Waals surface area contributed by atoms with Crippen molar-refractivity contribution < 1.29 is 38.8 Å². The number of benzene rings is 1. The minimum atomic E-state index is -1.18. The van der Waals surface area contributed by atoms with Crippen molar-refractivity contribution in [2.24, 2.45) is 0 Å². The van der Waals surface area contributed by atoms with Crippen molar-refractivity contribution in [3.05, 3.63) is 42.0 Å². The monoisotopic (exact) mass is 437 g/mol. The van der Waals surface area contributed by atoms with E-state index in [1.54, 1.807) is 6.92 Å². The Morgan fingerprint density at radius 1 is 1.06 bits per heavy atom. The molecule has 0 fully saturated rings. The van der Waals surface area contributed by atoms with Crippen molar-refractivity contribution in [2.45, 2.75) is 51.7 Å². The third-order valence-electron chi connectivity index (χ3n) is 4.06. The molecule has 0 radical (unpaired) electrons.